The largest absolute Gasteiger partial charge is 0.490 e. The molecule has 2 aromatic carbocycles. The molecule has 0 saturated heterocycles. The first-order valence-electron chi connectivity index (χ1n) is 7.22. The topological polar surface area (TPSA) is 59.9 Å². The fraction of sp³-hybridized carbons (Fsp3) is 0.176. The summed E-state index contributed by atoms with van der Waals surface area (Å²) < 4.78 is 10.9. The third-order valence-corrected chi connectivity index (χ3v) is 3.55. The Morgan fingerprint density at radius 2 is 1.71 bits per heavy atom. The molecule has 2 rings (SSSR count). The summed E-state index contributed by atoms with van der Waals surface area (Å²) in [6.07, 6.45) is 1.39. The summed E-state index contributed by atoms with van der Waals surface area (Å²) in [7, 11) is 0. The first-order chi connectivity index (χ1) is 11.6. The Bertz CT molecular complexity index is 715. The van der Waals surface area contributed by atoms with E-state index in [1.54, 1.807) is 36.4 Å². The summed E-state index contributed by atoms with van der Waals surface area (Å²) in [6.45, 7) is 2.19. The average Bonchev–Trinajstić information content (AvgIpc) is 2.57. The van der Waals surface area contributed by atoms with Crippen molar-refractivity contribution >= 4 is 35.3 Å². The lowest BCUT2D eigenvalue weighted by molar-refractivity contribution is -0.123. The van der Waals surface area contributed by atoms with Crippen LogP contribution < -0.4 is 14.9 Å². The number of hydrogen-bond donors (Lipinski definition) is 1. The second kappa shape index (κ2) is 9.15. The van der Waals surface area contributed by atoms with Crippen molar-refractivity contribution < 1.29 is 14.3 Å². The monoisotopic (exact) mass is 366 g/mol. The highest BCUT2D eigenvalue weighted by Gasteiger charge is 2.07. The number of nitrogens with zero attached hydrogens (tertiary/aromatic N) is 1. The van der Waals surface area contributed by atoms with Crippen LogP contribution in [-0.2, 0) is 4.79 Å². The Balaban J connectivity index is 1.89. The summed E-state index contributed by atoms with van der Waals surface area (Å²) in [6, 6.07) is 12.2. The minimum Gasteiger partial charge on any atom is -0.490 e. The minimum absolute atomic E-state index is 0.197. The first kappa shape index (κ1) is 18.1. The number of nitrogens with one attached hydrogen (secondary N) is 1. The lowest BCUT2D eigenvalue weighted by Gasteiger charge is -2.10. The van der Waals surface area contributed by atoms with E-state index in [-0.39, 0.29) is 6.61 Å². The van der Waals surface area contributed by atoms with E-state index in [1.807, 2.05) is 13.0 Å². The van der Waals surface area contributed by atoms with Crippen LogP contribution in [-0.4, -0.2) is 25.3 Å². The molecule has 0 aliphatic carbocycles. The van der Waals surface area contributed by atoms with Gasteiger partial charge in [-0.25, -0.2) is 5.43 Å². The molecule has 0 aliphatic heterocycles. The molecule has 0 radical (unpaired) electrons. The normalized spacial score (nSPS) is 10.6. The molecule has 2 aromatic rings. The zero-order valence-corrected chi connectivity index (χ0v) is 14.5. The van der Waals surface area contributed by atoms with Crippen molar-refractivity contribution in [2.45, 2.75) is 6.92 Å². The van der Waals surface area contributed by atoms with E-state index in [4.69, 9.17) is 32.7 Å². The van der Waals surface area contributed by atoms with Gasteiger partial charge in [0.15, 0.2) is 18.1 Å². The summed E-state index contributed by atoms with van der Waals surface area (Å²) in [5.41, 5.74) is 2.89. The van der Waals surface area contributed by atoms with Gasteiger partial charge < -0.3 is 9.47 Å². The number of hydrazone groups is 1. The number of para-hydroxylation sites is 2. The van der Waals surface area contributed by atoms with Crippen LogP contribution in [0.3, 0.4) is 0 Å². The summed E-state index contributed by atoms with van der Waals surface area (Å²) in [5.74, 6) is 0.660. The standard InChI is InChI=1S/C17H16Cl2N2O3/c1-2-23-15-8-3-4-9-16(15)24-11-17(22)21-20-10-12-13(18)6-5-7-14(12)19/h3-10H,2,11H2,1H3,(H,21,22)/b20-10-. The zero-order chi connectivity index (χ0) is 17.4. The third kappa shape index (κ3) is 5.15. The van der Waals surface area contributed by atoms with Gasteiger partial charge in [-0.15, -0.1) is 0 Å². The molecular weight excluding hydrogens is 351 g/mol. The van der Waals surface area contributed by atoms with Crippen LogP contribution in [0.1, 0.15) is 12.5 Å². The molecule has 0 bridgehead atoms. The maximum atomic E-state index is 11.8. The number of carbonyl (C=O) groups is 1. The minimum atomic E-state index is -0.416. The summed E-state index contributed by atoms with van der Waals surface area (Å²) in [5, 5.41) is 4.72. The third-order valence-electron chi connectivity index (χ3n) is 2.89. The number of rotatable bonds is 7. The number of carbonyl (C=O) groups excluding carboxylic acids is 1. The van der Waals surface area contributed by atoms with E-state index < -0.39 is 5.91 Å². The van der Waals surface area contributed by atoms with Gasteiger partial charge in [0.1, 0.15) is 0 Å². The maximum Gasteiger partial charge on any atom is 0.277 e. The van der Waals surface area contributed by atoms with E-state index in [1.165, 1.54) is 6.21 Å². The van der Waals surface area contributed by atoms with Crippen molar-refractivity contribution in [2.75, 3.05) is 13.2 Å². The van der Waals surface area contributed by atoms with Gasteiger partial charge >= 0.3 is 0 Å². The van der Waals surface area contributed by atoms with Crippen LogP contribution in [0.5, 0.6) is 11.5 Å². The highest BCUT2D eigenvalue weighted by atomic mass is 35.5. The number of ether oxygens (including phenoxy) is 2. The number of halogens is 2. The van der Waals surface area contributed by atoms with E-state index >= 15 is 0 Å². The molecule has 7 heteroatoms. The van der Waals surface area contributed by atoms with Gasteiger partial charge in [0, 0.05) is 5.56 Å². The van der Waals surface area contributed by atoms with Gasteiger partial charge in [0.05, 0.1) is 22.9 Å². The summed E-state index contributed by atoms with van der Waals surface area (Å²) >= 11 is 12.0. The van der Waals surface area contributed by atoms with Crippen LogP contribution in [0.25, 0.3) is 0 Å². The molecule has 0 heterocycles. The molecule has 0 aliphatic rings. The highest BCUT2D eigenvalue weighted by molar-refractivity contribution is 6.38. The number of benzene rings is 2. The second-order valence-corrected chi connectivity index (χ2v) is 5.41. The lowest BCUT2D eigenvalue weighted by Crippen LogP contribution is -2.24. The fourth-order valence-electron chi connectivity index (χ4n) is 1.82. The Morgan fingerprint density at radius 1 is 1.08 bits per heavy atom. The Kier molecular flexibility index (Phi) is 6.90. The second-order valence-electron chi connectivity index (χ2n) is 4.60. The average molecular weight is 367 g/mol. The van der Waals surface area contributed by atoms with Crippen LogP contribution >= 0.6 is 23.2 Å². The molecule has 5 nitrogen and oxygen atoms in total. The maximum absolute atomic E-state index is 11.8. The predicted molar refractivity (Wildman–Crippen MR) is 95.3 cm³/mol. The molecule has 0 fully saturated rings. The SMILES string of the molecule is CCOc1ccccc1OCC(=O)N/N=C\c1c(Cl)cccc1Cl. The van der Waals surface area contributed by atoms with Gasteiger partial charge in [0.25, 0.3) is 5.91 Å². The molecular formula is C17H16Cl2N2O3. The Labute approximate surface area is 150 Å². The zero-order valence-electron chi connectivity index (χ0n) is 13.0. The number of hydrogen-bond acceptors (Lipinski definition) is 4. The molecule has 1 N–H and O–H groups in total. The predicted octanol–water partition coefficient (Wildman–Crippen LogP) is 3.92. The van der Waals surface area contributed by atoms with Crippen molar-refractivity contribution in [3.8, 4) is 11.5 Å². The van der Waals surface area contributed by atoms with E-state index in [9.17, 15) is 4.79 Å². The van der Waals surface area contributed by atoms with Gasteiger partial charge in [-0.1, -0.05) is 41.4 Å². The van der Waals surface area contributed by atoms with E-state index in [0.717, 1.165) is 0 Å². The molecule has 0 spiro atoms. The molecule has 0 atom stereocenters. The van der Waals surface area contributed by atoms with E-state index in [2.05, 4.69) is 10.5 Å². The smallest absolute Gasteiger partial charge is 0.277 e. The molecule has 0 saturated carbocycles. The van der Waals surface area contributed by atoms with Crippen molar-refractivity contribution in [3.05, 3.63) is 58.1 Å². The molecule has 24 heavy (non-hydrogen) atoms. The molecule has 0 unspecified atom stereocenters. The van der Waals surface area contributed by atoms with Crippen LogP contribution in [0, 0.1) is 0 Å². The first-order valence-corrected chi connectivity index (χ1v) is 7.98. The fourth-order valence-corrected chi connectivity index (χ4v) is 2.32. The quantitative estimate of drug-likeness (QED) is 0.596. The van der Waals surface area contributed by atoms with Crippen molar-refractivity contribution in [1.82, 2.24) is 5.43 Å². The van der Waals surface area contributed by atoms with Crippen molar-refractivity contribution in [1.29, 1.82) is 0 Å². The Hall–Kier alpha value is -2.24. The van der Waals surface area contributed by atoms with Crippen LogP contribution in [0.4, 0.5) is 0 Å². The highest BCUT2D eigenvalue weighted by Crippen LogP contribution is 2.26. The Morgan fingerprint density at radius 3 is 2.33 bits per heavy atom. The molecule has 1 amide bonds. The van der Waals surface area contributed by atoms with Crippen LogP contribution in [0.15, 0.2) is 47.6 Å². The van der Waals surface area contributed by atoms with Gasteiger partial charge in [-0.05, 0) is 31.2 Å². The van der Waals surface area contributed by atoms with Gasteiger partial charge in [-0.2, -0.15) is 5.10 Å². The van der Waals surface area contributed by atoms with Crippen molar-refractivity contribution in [3.63, 3.8) is 0 Å². The lowest BCUT2D eigenvalue weighted by atomic mass is 10.2. The van der Waals surface area contributed by atoms with Gasteiger partial charge in [0.2, 0.25) is 0 Å². The molecule has 0 aromatic heterocycles. The van der Waals surface area contributed by atoms with Crippen molar-refractivity contribution in [2.24, 2.45) is 5.10 Å². The molecule has 126 valence electrons. The van der Waals surface area contributed by atoms with E-state index in [0.29, 0.717) is 33.7 Å². The van der Waals surface area contributed by atoms with Crippen LogP contribution in [0.2, 0.25) is 10.0 Å². The number of amides is 1. The van der Waals surface area contributed by atoms with Gasteiger partial charge in [-0.3, -0.25) is 4.79 Å². The summed E-state index contributed by atoms with van der Waals surface area (Å²) in [4.78, 5) is 11.8.